The van der Waals surface area contributed by atoms with Gasteiger partial charge in [-0.15, -0.1) is 0 Å². The molecule has 2 rings (SSSR count). The van der Waals surface area contributed by atoms with Crippen LogP contribution in [0.2, 0.25) is 0 Å². The molecule has 0 spiro atoms. The Hall–Kier alpha value is -2.18. The van der Waals surface area contributed by atoms with E-state index in [2.05, 4.69) is 10.3 Å². The van der Waals surface area contributed by atoms with Crippen LogP contribution in [-0.4, -0.2) is 40.4 Å². The van der Waals surface area contributed by atoms with Gasteiger partial charge in [0.1, 0.15) is 5.82 Å². The number of benzene rings is 1. The van der Waals surface area contributed by atoms with Crippen molar-refractivity contribution in [1.29, 1.82) is 0 Å². The minimum atomic E-state index is -0.0923. The first-order chi connectivity index (χ1) is 10.2. The van der Waals surface area contributed by atoms with E-state index >= 15 is 0 Å². The monoisotopic (exact) mass is 289 g/mol. The fourth-order valence-corrected chi connectivity index (χ4v) is 1.99. The van der Waals surface area contributed by atoms with Gasteiger partial charge in [-0.25, -0.2) is 4.98 Å². The highest BCUT2D eigenvalue weighted by atomic mass is 16.5. The molecule has 0 atom stereocenters. The quantitative estimate of drug-likeness (QED) is 0.758. The third kappa shape index (κ3) is 4.40. The van der Waals surface area contributed by atoms with E-state index in [1.54, 1.807) is 6.20 Å². The lowest BCUT2D eigenvalue weighted by Gasteiger charge is -2.09. The lowest BCUT2D eigenvalue weighted by molar-refractivity contribution is -0.114. The number of rotatable bonds is 7. The van der Waals surface area contributed by atoms with Crippen molar-refractivity contribution < 1.29 is 14.6 Å². The zero-order valence-electron chi connectivity index (χ0n) is 12.0. The number of hydrogen-bond donors (Lipinski definition) is 2. The highest BCUT2D eigenvalue weighted by Gasteiger charge is 2.06. The van der Waals surface area contributed by atoms with E-state index in [0.29, 0.717) is 19.8 Å². The van der Waals surface area contributed by atoms with Crippen molar-refractivity contribution in [2.45, 2.75) is 13.5 Å². The van der Waals surface area contributed by atoms with Crippen molar-refractivity contribution in [3.63, 3.8) is 0 Å². The zero-order valence-corrected chi connectivity index (χ0v) is 12.0. The van der Waals surface area contributed by atoms with E-state index in [4.69, 9.17) is 9.84 Å². The standard InChI is InChI=1S/C15H19N3O3/c1-12(20)17-14-4-2-13(3-5-14)15-16-6-7-18(15)8-10-21-11-9-19/h2-7,19H,8-11H2,1H3,(H,17,20). The summed E-state index contributed by atoms with van der Waals surface area (Å²) in [4.78, 5) is 15.3. The third-order valence-electron chi connectivity index (χ3n) is 2.89. The van der Waals surface area contributed by atoms with E-state index in [1.165, 1.54) is 6.92 Å². The number of aliphatic hydroxyl groups excluding tert-OH is 1. The molecule has 1 amide bonds. The topological polar surface area (TPSA) is 76.4 Å². The van der Waals surface area contributed by atoms with Gasteiger partial charge in [-0.2, -0.15) is 0 Å². The van der Waals surface area contributed by atoms with Crippen molar-refractivity contribution in [3.8, 4) is 11.4 Å². The number of aliphatic hydroxyl groups is 1. The van der Waals surface area contributed by atoms with Gasteiger partial charge < -0.3 is 19.7 Å². The average molecular weight is 289 g/mol. The maximum atomic E-state index is 11.0. The molecule has 1 heterocycles. The van der Waals surface area contributed by atoms with Crippen molar-refractivity contribution >= 4 is 11.6 Å². The molecule has 1 aromatic carbocycles. The predicted molar refractivity (Wildman–Crippen MR) is 79.9 cm³/mol. The zero-order chi connectivity index (χ0) is 15.1. The van der Waals surface area contributed by atoms with Gasteiger partial charge in [-0.3, -0.25) is 4.79 Å². The summed E-state index contributed by atoms with van der Waals surface area (Å²) in [5.41, 5.74) is 1.73. The van der Waals surface area contributed by atoms with Crippen LogP contribution in [0, 0.1) is 0 Å². The molecule has 0 aliphatic carbocycles. The van der Waals surface area contributed by atoms with Crippen LogP contribution in [0.3, 0.4) is 0 Å². The van der Waals surface area contributed by atoms with E-state index in [9.17, 15) is 4.79 Å². The number of carbonyl (C=O) groups excluding carboxylic acids is 1. The van der Waals surface area contributed by atoms with Crippen molar-refractivity contribution in [2.75, 3.05) is 25.1 Å². The van der Waals surface area contributed by atoms with Gasteiger partial charge in [0.25, 0.3) is 0 Å². The first-order valence-electron chi connectivity index (χ1n) is 6.78. The SMILES string of the molecule is CC(=O)Nc1ccc(-c2nccn2CCOCCO)cc1. The number of aromatic nitrogens is 2. The van der Waals surface area contributed by atoms with E-state index in [-0.39, 0.29) is 12.5 Å². The molecule has 0 aliphatic rings. The van der Waals surface area contributed by atoms with Crippen LogP contribution in [0.1, 0.15) is 6.92 Å². The van der Waals surface area contributed by atoms with E-state index in [0.717, 1.165) is 17.1 Å². The van der Waals surface area contributed by atoms with E-state index in [1.807, 2.05) is 35.0 Å². The van der Waals surface area contributed by atoms with Gasteiger partial charge in [0.2, 0.25) is 5.91 Å². The largest absolute Gasteiger partial charge is 0.394 e. The molecule has 21 heavy (non-hydrogen) atoms. The van der Waals surface area contributed by atoms with Crippen LogP contribution in [0.25, 0.3) is 11.4 Å². The fourth-order valence-electron chi connectivity index (χ4n) is 1.99. The molecule has 2 N–H and O–H groups in total. The fraction of sp³-hybridized carbons (Fsp3) is 0.333. The van der Waals surface area contributed by atoms with Gasteiger partial charge >= 0.3 is 0 Å². The number of hydrogen-bond acceptors (Lipinski definition) is 4. The second-order valence-electron chi connectivity index (χ2n) is 4.54. The second kappa shape index (κ2) is 7.56. The highest BCUT2D eigenvalue weighted by Crippen LogP contribution is 2.20. The van der Waals surface area contributed by atoms with Crippen LogP contribution in [0.5, 0.6) is 0 Å². The molecule has 6 nitrogen and oxygen atoms in total. The predicted octanol–water partition coefficient (Wildman–Crippen LogP) is 1.52. The lowest BCUT2D eigenvalue weighted by Crippen LogP contribution is -2.09. The molecule has 1 aromatic heterocycles. The maximum Gasteiger partial charge on any atom is 0.221 e. The van der Waals surface area contributed by atoms with Gasteiger partial charge in [-0.05, 0) is 24.3 Å². The summed E-state index contributed by atoms with van der Waals surface area (Å²) in [6.07, 6.45) is 3.63. The summed E-state index contributed by atoms with van der Waals surface area (Å²) in [5, 5.41) is 11.4. The van der Waals surface area contributed by atoms with Crippen molar-refractivity contribution in [2.24, 2.45) is 0 Å². The smallest absolute Gasteiger partial charge is 0.221 e. The molecule has 0 fully saturated rings. The Morgan fingerprint density at radius 2 is 2.10 bits per heavy atom. The molecular weight excluding hydrogens is 270 g/mol. The number of nitrogens with one attached hydrogen (secondary N) is 1. The van der Waals surface area contributed by atoms with Crippen molar-refractivity contribution in [3.05, 3.63) is 36.7 Å². The number of nitrogens with zero attached hydrogens (tertiary/aromatic N) is 2. The Morgan fingerprint density at radius 3 is 2.76 bits per heavy atom. The third-order valence-corrected chi connectivity index (χ3v) is 2.89. The van der Waals surface area contributed by atoms with Crippen LogP contribution >= 0.6 is 0 Å². The Balaban J connectivity index is 2.04. The molecule has 2 aromatic rings. The molecule has 0 radical (unpaired) electrons. The summed E-state index contributed by atoms with van der Waals surface area (Å²) >= 11 is 0. The average Bonchev–Trinajstić information content (AvgIpc) is 2.92. The lowest BCUT2D eigenvalue weighted by atomic mass is 10.2. The number of ether oxygens (including phenoxy) is 1. The Bertz CT molecular complexity index is 578. The summed E-state index contributed by atoms with van der Waals surface area (Å²) in [6.45, 7) is 3.04. The number of amides is 1. The molecule has 0 saturated carbocycles. The highest BCUT2D eigenvalue weighted by molar-refractivity contribution is 5.88. The van der Waals surface area contributed by atoms with Gasteiger partial charge in [0.15, 0.2) is 0 Å². The molecule has 0 unspecified atom stereocenters. The summed E-state index contributed by atoms with van der Waals surface area (Å²) in [5.74, 6) is 0.752. The number of imidazole rings is 1. The van der Waals surface area contributed by atoms with Gasteiger partial charge in [0.05, 0.1) is 19.8 Å². The Labute approximate surface area is 123 Å². The van der Waals surface area contributed by atoms with Gasteiger partial charge in [0, 0.05) is 37.1 Å². The number of carbonyl (C=O) groups is 1. The summed E-state index contributed by atoms with van der Waals surface area (Å²) in [6, 6.07) is 7.52. The van der Waals surface area contributed by atoms with Crippen LogP contribution < -0.4 is 5.32 Å². The molecular formula is C15H19N3O3. The second-order valence-corrected chi connectivity index (χ2v) is 4.54. The molecule has 0 bridgehead atoms. The number of anilines is 1. The first kappa shape index (κ1) is 15.2. The molecule has 112 valence electrons. The molecule has 6 heteroatoms. The minimum Gasteiger partial charge on any atom is -0.394 e. The Kier molecular flexibility index (Phi) is 5.48. The van der Waals surface area contributed by atoms with Crippen LogP contribution in [-0.2, 0) is 16.1 Å². The minimum absolute atomic E-state index is 0.0292. The first-order valence-corrected chi connectivity index (χ1v) is 6.78. The summed E-state index contributed by atoms with van der Waals surface area (Å²) < 4.78 is 7.25. The molecule has 0 saturated heterocycles. The summed E-state index contributed by atoms with van der Waals surface area (Å²) in [7, 11) is 0. The van der Waals surface area contributed by atoms with Crippen LogP contribution in [0.15, 0.2) is 36.7 Å². The van der Waals surface area contributed by atoms with Crippen molar-refractivity contribution in [1.82, 2.24) is 9.55 Å². The van der Waals surface area contributed by atoms with E-state index < -0.39 is 0 Å². The normalized spacial score (nSPS) is 10.6. The van der Waals surface area contributed by atoms with Crippen LogP contribution in [0.4, 0.5) is 5.69 Å². The van der Waals surface area contributed by atoms with Gasteiger partial charge in [-0.1, -0.05) is 0 Å². The maximum absolute atomic E-state index is 11.0. The Morgan fingerprint density at radius 1 is 1.33 bits per heavy atom. The molecule has 0 aliphatic heterocycles.